The van der Waals surface area contributed by atoms with Gasteiger partial charge in [-0.3, -0.25) is 14.5 Å². The van der Waals surface area contributed by atoms with E-state index in [1.54, 1.807) is 53.2 Å². The Labute approximate surface area is 203 Å². The van der Waals surface area contributed by atoms with E-state index in [-0.39, 0.29) is 24.1 Å². The first kappa shape index (κ1) is 22.8. The maximum atomic E-state index is 12.6. The number of β-amino-alcohol motifs (C(OH)–C–C–N with tert-alkyl or cyclic N) is 1. The first-order chi connectivity index (χ1) is 17.0. The number of nitrogens with zero attached hydrogens (tertiary/aromatic N) is 3. The quantitative estimate of drug-likeness (QED) is 0.387. The Morgan fingerprint density at radius 2 is 1.71 bits per heavy atom. The second-order valence-electron chi connectivity index (χ2n) is 8.75. The Balaban J connectivity index is 1.16. The molecule has 4 aromatic rings. The van der Waals surface area contributed by atoms with Gasteiger partial charge in [-0.05, 0) is 41.8 Å². The maximum Gasteiger partial charge on any atom is 0.271 e. The second kappa shape index (κ2) is 10.1. The second-order valence-corrected chi connectivity index (χ2v) is 8.75. The molecular weight excluding hydrogens is 442 g/mol. The molecular formula is C27H27N5O3. The molecule has 5 rings (SSSR count). The van der Waals surface area contributed by atoms with Gasteiger partial charge in [-0.2, -0.15) is 0 Å². The molecule has 1 aliphatic heterocycles. The number of rotatable bonds is 7. The molecule has 8 heteroatoms. The van der Waals surface area contributed by atoms with Crippen LogP contribution in [0.4, 0.5) is 5.69 Å². The fourth-order valence-corrected chi connectivity index (χ4v) is 4.34. The van der Waals surface area contributed by atoms with Gasteiger partial charge in [0.2, 0.25) is 0 Å². The third-order valence-electron chi connectivity index (χ3n) is 6.15. The van der Waals surface area contributed by atoms with Crippen molar-refractivity contribution in [2.24, 2.45) is 0 Å². The van der Waals surface area contributed by atoms with E-state index in [4.69, 9.17) is 0 Å². The van der Waals surface area contributed by atoms with Gasteiger partial charge in [0.05, 0.1) is 11.8 Å². The summed E-state index contributed by atoms with van der Waals surface area (Å²) in [5, 5.41) is 16.1. The van der Waals surface area contributed by atoms with Crippen LogP contribution in [0.25, 0.3) is 5.65 Å². The lowest BCUT2D eigenvalue weighted by molar-refractivity contribution is 0.0838. The Morgan fingerprint density at radius 1 is 0.943 bits per heavy atom. The standard InChI is InChI=1S/C27H27N5O3/c33-23(17-31-13-12-19-6-4-5-9-21(19)15-31)14-28-27(35)24-18-32-16-22(10-11-25(32)30-24)29-26(34)20-7-2-1-3-8-20/h1-11,16,18,23,33H,12-15,17H2,(H,28,35)(H,29,34). The zero-order chi connectivity index (χ0) is 24.2. The molecule has 2 amide bonds. The molecule has 3 heterocycles. The smallest absolute Gasteiger partial charge is 0.271 e. The van der Waals surface area contributed by atoms with Crippen molar-refractivity contribution in [3.8, 4) is 0 Å². The Morgan fingerprint density at radius 3 is 2.54 bits per heavy atom. The molecule has 35 heavy (non-hydrogen) atoms. The summed E-state index contributed by atoms with van der Waals surface area (Å²) < 4.78 is 1.69. The predicted molar refractivity (Wildman–Crippen MR) is 133 cm³/mol. The topological polar surface area (TPSA) is 99.0 Å². The molecule has 0 radical (unpaired) electrons. The Kier molecular flexibility index (Phi) is 6.56. The number of amides is 2. The largest absolute Gasteiger partial charge is 0.390 e. The van der Waals surface area contributed by atoms with E-state index in [9.17, 15) is 14.7 Å². The summed E-state index contributed by atoms with van der Waals surface area (Å²) in [5.41, 5.74) is 4.64. The third kappa shape index (κ3) is 5.40. The van der Waals surface area contributed by atoms with E-state index in [0.29, 0.717) is 23.4 Å². The van der Waals surface area contributed by atoms with Gasteiger partial charge in [0.1, 0.15) is 11.3 Å². The van der Waals surface area contributed by atoms with Crippen LogP contribution in [0.15, 0.2) is 79.1 Å². The number of imidazole rings is 1. The fraction of sp³-hybridized carbons (Fsp3) is 0.222. The van der Waals surface area contributed by atoms with Gasteiger partial charge >= 0.3 is 0 Å². The van der Waals surface area contributed by atoms with Crippen LogP contribution >= 0.6 is 0 Å². The first-order valence-corrected chi connectivity index (χ1v) is 11.7. The predicted octanol–water partition coefficient (Wildman–Crippen LogP) is 2.74. The van der Waals surface area contributed by atoms with Crippen LogP contribution in [-0.2, 0) is 13.0 Å². The van der Waals surface area contributed by atoms with E-state index in [1.165, 1.54) is 11.1 Å². The number of nitrogens with one attached hydrogen (secondary N) is 2. The number of pyridine rings is 1. The minimum Gasteiger partial charge on any atom is -0.390 e. The van der Waals surface area contributed by atoms with Gasteiger partial charge in [-0.15, -0.1) is 0 Å². The van der Waals surface area contributed by atoms with Crippen molar-refractivity contribution in [2.45, 2.75) is 19.1 Å². The molecule has 0 bridgehead atoms. The van der Waals surface area contributed by atoms with Crippen LogP contribution in [0.3, 0.4) is 0 Å². The lowest BCUT2D eigenvalue weighted by Gasteiger charge is -2.30. The number of aliphatic hydroxyl groups is 1. The minimum absolute atomic E-state index is 0.142. The molecule has 0 spiro atoms. The highest BCUT2D eigenvalue weighted by Gasteiger charge is 2.19. The average molecular weight is 470 g/mol. The summed E-state index contributed by atoms with van der Waals surface area (Å²) in [6.45, 7) is 2.32. The monoisotopic (exact) mass is 469 g/mol. The Bertz CT molecular complexity index is 1350. The molecule has 3 N–H and O–H groups in total. The molecule has 0 saturated carbocycles. The lowest BCUT2D eigenvalue weighted by atomic mass is 10.00. The van der Waals surface area contributed by atoms with E-state index in [1.807, 2.05) is 12.1 Å². The van der Waals surface area contributed by atoms with Crippen LogP contribution in [0.2, 0.25) is 0 Å². The molecule has 2 aromatic heterocycles. The number of hydrogen-bond acceptors (Lipinski definition) is 5. The van der Waals surface area contributed by atoms with Crippen LogP contribution in [-0.4, -0.2) is 56.9 Å². The van der Waals surface area contributed by atoms with Gasteiger partial charge in [-0.1, -0.05) is 42.5 Å². The molecule has 0 aliphatic carbocycles. The van der Waals surface area contributed by atoms with Crippen molar-refractivity contribution in [3.63, 3.8) is 0 Å². The Hall–Kier alpha value is -4.01. The number of carbonyl (C=O) groups excluding carboxylic acids is 2. The van der Waals surface area contributed by atoms with Crippen LogP contribution in [0.5, 0.6) is 0 Å². The lowest BCUT2D eigenvalue weighted by Crippen LogP contribution is -2.42. The van der Waals surface area contributed by atoms with E-state index in [2.05, 4.69) is 38.7 Å². The van der Waals surface area contributed by atoms with Crippen LogP contribution in [0, 0.1) is 0 Å². The average Bonchev–Trinajstić information content (AvgIpc) is 3.31. The molecule has 178 valence electrons. The maximum absolute atomic E-state index is 12.6. The van der Waals surface area contributed by atoms with Crippen LogP contribution < -0.4 is 10.6 Å². The summed E-state index contributed by atoms with van der Waals surface area (Å²) in [4.78, 5) is 31.6. The molecule has 1 unspecified atom stereocenters. The molecule has 2 aromatic carbocycles. The summed E-state index contributed by atoms with van der Waals surface area (Å²) in [7, 11) is 0. The van der Waals surface area contributed by atoms with Crippen molar-refractivity contribution in [1.29, 1.82) is 0 Å². The highest BCUT2D eigenvalue weighted by Crippen LogP contribution is 2.18. The van der Waals surface area contributed by atoms with Crippen molar-refractivity contribution in [1.82, 2.24) is 19.6 Å². The zero-order valence-electron chi connectivity index (χ0n) is 19.2. The van der Waals surface area contributed by atoms with Gasteiger partial charge in [0.25, 0.3) is 11.8 Å². The zero-order valence-corrected chi connectivity index (χ0v) is 19.2. The van der Waals surface area contributed by atoms with Gasteiger partial charge in [0, 0.05) is 44.1 Å². The third-order valence-corrected chi connectivity index (χ3v) is 6.15. The van der Waals surface area contributed by atoms with Gasteiger partial charge < -0.3 is 20.1 Å². The molecule has 8 nitrogen and oxygen atoms in total. The minimum atomic E-state index is -0.680. The number of carbonyl (C=O) groups is 2. The van der Waals surface area contributed by atoms with Gasteiger partial charge in [0.15, 0.2) is 0 Å². The first-order valence-electron chi connectivity index (χ1n) is 11.7. The number of benzene rings is 2. The molecule has 0 saturated heterocycles. The van der Waals surface area contributed by atoms with Crippen LogP contribution in [0.1, 0.15) is 32.0 Å². The summed E-state index contributed by atoms with van der Waals surface area (Å²) in [6, 6.07) is 20.8. The van der Waals surface area contributed by atoms with Crippen molar-refractivity contribution >= 4 is 23.1 Å². The normalized spacial score (nSPS) is 14.3. The van der Waals surface area contributed by atoms with E-state index in [0.717, 1.165) is 19.5 Å². The number of aromatic nitrogens is 2. The summed E-state index contributed by atoms with van der Waals surface area (Å²) >= 11 is 0. The molecule has 1 aliphatic rings. The highest BCUT2D eigenvalue weighted by atomic mass is 16.3. The van der Waals surface area contributed by atoms with Crippen molar-refractivity contribution in [3.05, 3.63) is 102 Å². The van der Waals surface area contributed by atoms with E-state index >= 15 is 0 Å². The number of anilines is 1. The van der Waals surface area contributed by atoms with Crippen molar-refractivity contribution in [2.75, 3.05) is 25.0 Å². The molecule has 0 fully saturated rings. The van der Waals surface area contributed by atoms with Crippen molar-refractivity contribution < 1.29 is 14.7 Å². The van der Waals surface area contributed by atoms with E-state index < -0.39 is 6.10 Å². The number of aliphatic hydroxyl groups excluding tert-OH is 1. The van der Waals surface area contributed by atoms with Gasteiger partial charge in [-0.25, -0.2) is 4.98 Å². The fourth-order valence-electron chi connectivity index (χ4n) is 4.34. The summed E-state index contributed by atoms with van der Waals surface area (Å²) in [5.74, 6) is -0.569. The SMILES string of the molecule is O=C(Nc1ccc2nc(C(=O)NCC(O)CN3CCc4ccccc4C3)cn2c1)c1ccccc1. The molecule has 1 atom stereocenters. The highest BCUT2D eigenvalue weighted by molar-refractivity contribution is 6.04. The summed E-state index contributed by atoms with van der Waals surface area (Å²) in [6.07, 6.45) is 3.60. The number of hydrogen-bond donors (Lipinski definition) is 3. The number of fused-ring (bicyclic) bond motifs is 2.